The van der Waals surface area contributed by atoms with Crippen LogP contribution >= 0.6 is 11.3 Å². The molecule has 1 unspecified atom stereocenters. The molecule has 1 aromatic heterocycles. The molecule has 1 saturated heterocycles. The molecule has 0 radical (unpaired) electrons. The molecule has 0 saturated carbocycles. The van der Waals surface area contributed by atoms with Gasteiger partial charge in [0, 0.05) is 30.6 Å². The van der Waals surface area contributed by atoms with Gasteiger partial charge in [-0.2, -0.15) is 5.26 Å². The standard InChI is InChI=1S/C18H18N4O3S/c1-18(15(23)24)6-7-22(11-18)17(25)21-16-20-10-14(26-16)8-12-2-4-13(9-19)5-3-12/h2-5,10H,6-8,11H2,1H3,(H,23,24)(H,20,21,25). The molecule has 2 amide bonds. The summed E-state index contributed by atoms with van der Waals surface area (Å²) in [5, 5.41) is 21.3. The Balaban J connectivity index is 1.59. The fourth-order valence-corrected chi connectivity index (χ4v) is 3.66. The largest absolute Gasteiger partial charge is 0.481 e. The average Bonchev–Trinajstić information content (AvgIpc) is 3.23. The number of aliphatic carboxylic acids is 1. The quantitative estimate of drug-likeness (QED) is 0.860. The van der Waals surface area contributed by atoms with Crippen LogP contribution in [0.2, 0.25) is 0 Å². The predicted octanol–water partition coefficient (Wildman–Crippen LogP) is 2.93. The molecule has 134 valence electrons. The predicted molar refractivity (Wildman–Crippen MR) is 97.0 cm³/mol. The highest BCUT2D eigenvalue weighted by molar-refractivity contribution is 7.15. The molecule has 1 atom stereocenters. The fraction of sp³-hybridized carbons (Fsp3) is 0.333. The summed E-state index contributed by atoms with van der Waals surface area (Å²) in [5.74, 6) is -0.883. The van der Waals surface area contributed by atoms with Gasteiger partial charge in [0.25, 0.3) is 0 Å². The Hall–Kier alpha value is -2.92. The Morgan fingerprint density at radius 3 is 2.77 bits per heavy atom. The zero-order valence-electron chi connectivity index (χ0n) is 14.2. The van der Waals surface area contributed by atoms with E-state index in [0.717, 1.165) is 10.4 Å². The van der Waals surface area contributed by atoms with Gasteiger partial charge in [-0.3, -0.25) is 10.1 Å². The molecule has 8 heteroatoms. The highest BCUT2D eigenvalue weighted by atomic mass is 32.1. The summed E-state index contributed by atoms with van der Waals surface area (Å²) >= 11 is 1.38. The summed E-state index contributed by atoms with van der Waals surface area (Å²) in [6, 6.07) is 9.09. The molecule has 3 rings (SSSR count). The van der Waals surface area contributed by atoms with E-state index in [2.05, 4.69) is 16.4 Å². The molecule has 1 aromatic carbocycles. The second-order valence-corrected chi connectivity index (χ2v) is 7.70. The molecule has 0 spiro atoms. The zero-order valence-corrected chi connectivity index (χ0v) is 15.0. The van der Waals surface area contributed by atoms with Crippen LogP contribution in [0.3, 0.4) is 0 Å². The minimum Gasteiger partial charge on any atom is -0.481 e. The first-order valence-electron chi connectivity index (χ1n) is 8.13. The van der Waals surface area contributed by atoms with Gasteiger partial charge in [0.1, 0.15) is 0 Å². The van der Waals surface area contributed by atoms with Crippen LogP contribution in [0, 0.1) is 16.7 Å². The normalized spacial score (nSPS) is 19.2. The van der Waals surface area contributed by atoms with Gasteiger partial charge in [0.05, 0.1) is 17.0 Å². The Bertz CT molecular complexity index is 871. The van der Waals surface area contributed by atoms with Crippen molar-refractivity contribution in [1.82, 2.24) is 9.88 Å². The Labute approximate surface area is 154 Å². The van der Waals surface area contributed by atoms with Crippen molar-refractivity contribution in [3.05, 3.63) is 46.5 Å². The monoisotopic (exact) mass is 370 g/mol. The molecule has 1 aliphatic rings. The topological polar surface area (TPSA) is 106 Å². The van der Waals surface area contributed by atoms with Crippen molar-refractivity contribution in [2.24, 2.45) is 5.41 Å². The molecule has 0 bridgehead atoms. The van der Waals surface area contributed by atoms with Crippen LogP contribution in [0.5, 0.6) is 0 Å². The maximum atomic E-state index is 12.3. The summed E-state index contributed by atoms with van der Waals surface area (Å²) in [7, 11) is 0. The number of amides is 2. The van der Waals surface area contributed by atoms with Crippen LogP contribution in [0.4, 0.5) is 9.93 Å². The summed E-state index contributed by atoms with van der Waals surface area (Å²) < 4.78 is 0. The number of urea groups is 1. The summed E-state index contributed by atoms with van der Waals surface area (Å²) in [6.07, 6.45) is 2.82. The van der Waals surface area contributed by atoms with E-state index in [4.69, 9.17) is 5.26 Å². The summed E-state index contributed by atoms with van der Waals surface area (Å²) in [5.41, 5.74) is 0.785. The molecule has 1 aliphatic heterocycles. The minimum atomic E-state index is -0.888. The average molecular weight is 370 g/mol. The molecular formula is C18H18N4O3S. The van der Waals surface area contributed by atoms with Gasteiger partial charge in [-0.15, -0.1) is 11.3 Å². The van der Waals surface area contributed by atoms with Gasteiger partial charge in [0.15, 0.2) is 5.13 Å². The van der Waals surface area contributed by atoms with E-state index in [1.807, 2.05) is 12.1 Å². The minimum absolute atomic E-state index is 0.192. The Kier molecular flexibility index (Phi) is 4.91. The van der Waals surface area contributed by atoms with E-state index in [-0.39, 0.29) is 12.6 Å². The highest BCUT2D eigenvalue weighted by Gasteiger charge is 2.42. The van der Waals surface area contributed by atoms with Gasteiger partial charge in [-0.05, 0) is 31.0 Å². The Morgan fingerprint density at radius 1 is 1.42 bits per heavy atom. The molecule has 2 heterocycles. The summed E-state index contributed by atoms with van der Waals surface area (Å²) in [6.45, 7) is 2.26. The first-order valence-corrected chi connectivity index (χ1v) is 8.94. The number of aromatic nitrogens is 1. The molecule has 1 fully saturated rings. The number of anilines is 1. The van der Waals surface area contributed by atoms with Crippen molar-refractivity contribution < 1.29 is 14.7 Å². The van der Waals surface area contributed by atoms with Gasteiger partial charge in [-0.25, -0.2) is 9.78 Å². The lowest BCUT2D eigenvalue weighted by Crippen LogP contribution is -2.37. The number of carboxylic acids is 1. The third kappa shape index (κ3) is 3.83. The van der Waals surface area contributed by atoms with Gasteiger partial charge in [-0.1, -0.05) is 12.1 Å². The zero-order chi connectivity index (χ0) is 18.7. The number of nitriles is 1. The van der Waals surface area contributed by atoms with Gasteiger partial charge in [0.2, 0.25) is 0 Å². The van der Waals surface area contributed by atoms with Crippen molar-refractivity contribution in [1.29, 1.82) is 5.26 Å². The molecule has 0 aliphatic carbocycles. The molecule has 7 nitrogen and oxygen atoms in total. The highest BCUT2D eigenvalue weighted by Crippen LogP contribution is 2.31. The van der Waals surface area contributed by atoms with E-state index in [9.17, 15) is 14.7 Å². The van der Waals surface area contributed by atoms with Crippen molar-refractivity contribution in [3.63, 3.8) is 0 Å². The van der Waals surface area contributed by atoms with Gasteiger partial charge >= 0.3 is 12.0 Å². The van der Waals surface area contributed by atoms with Gasteiger partial charge < -0.3 is 10.0 Å². The summed E-state index contributed by atoms with van der Waals surface area (Å²) in [4.78, 5) is 30.3. The molecule has 2 N–H and O–H groups in total. The van der Waals surface area contributed by atoms with Crippen molar-refractivity contribution in [2.45, 2.75) is 19.8 Å². The maximum absolute atomic E-state index is 12.3. The lowest BCUT2D eigenvalue weighted by Gasteiger charge is -2.19. The number of benzene rings is 1. The number of likely N-dealkylation sites (tertiary alicyclic amines) is 1. The van der Waals surface area contributed by atoms with E-state index >= 15 is 0 Å². The smallest absolute Gasteiger partial charge is 0.323 e. The Morgan fingerprint density at radius 2 is 2.15 bits per heavy atom. The number of hydrogen-bond donors (Lipinski definition) is 2. The third-order valence-electron chi connectivity index (χ3n) is 4.51. The number of nitrogens with zero attached hydrogens (tertiary/aromatic N) is 3. The maximum Gasteiger partial charge on any atom is 0.323 e. The SMILES string of the molecule is CC1(C(=O)O)CCN(C(=O)Nc2ncc(Cc3ccc(C#N)cc3)s2)C1. The van der Waals surface area contributed by atoms with E-state index in [1.165, 1.54) is 16.2 Å². The van der Waals surface area contributed by atoms with Crippen LogP contribution in [0.1, 0.15) is 29.3 Å². The first-order chi connectivity index (χ1) is 12.4. The van der Waals surface area contributed by atoms with Crippen LogP contribution in [0.25, 0.3) is 0 Å². The number of hydrogen-bond acceptors (Lipinski definition) is 5. The molecule has 26 heavy (non-hydrogen) atoms. The number of nitrogens with one attached hydrogen (secondary N) is 1. The van der Waals surface area contributed by atoms with Crippen molar-refractivity contribution in [2.75, 3.05) is 18.4 Å². The fourth-order valence-electron chi connectivity index (χ4n) is 2.82. The lowest BCUT2D eigenvalue weighted by molar-refractivity contribution is -0.146. The van der Waals surface area contributed by atoms with Crippen LogP contribution in [-0.2, 0) is 11.2 Å². The number of carbonyl (C=O) groups is 2. The second kappa shape index (κ2) is 7.14. The second-order valence-electron chi connectivity index (χ2n) is 6.58. The van der Waals surface area contributed by atoms with Crippen LogP contribution in [0.15, 0.2) is 30.5 Å². The number of thiazole rings is 1. The van der Waals surface area contributed by atoms with E-state index in [0.29, 0.717) is 30.1 Å². The van der Waals surface area contributed by atoms with E-state index in [1.54, 1.807) is 25.3 Å². The molecule has 2 aromatic rings. The van der Waals surface area contributed by atoms with Crippen LogP contribution < -0.4 is 5.32 Å². The first kappa shape index (κ1) is 17.9. The van der Waals surface area contributed by atoms with Crippen LogP contribution in [-0.4, -0.2) is 40.1 Å². The number of rotatable bonds is 4. The third-order valence-corrected chi connectivity index (χ3v) is 5.42. The van der Waals surface area contributed by atoms with E-state index < -0.39 is 11.4 Å². The number of carbonyl (C=O) groups excluding carboxylic acids is 1. The van der Waals surface area contributed by atoms with Crippen molar-refractivity contribution in [3.8, 4) is 6.07 Å². The molecular weight excluding hydrogens is 352 g/mol. The number of carboxylic acid groups (broad SMARTS) is 1. The van der Waals surface area contributed by atoms with Crippen molar-refractivity contribution >= 4 is 28.5 Å². The lowest BCUT2D eigenvalue weighted by atomic mass is 9.90.